The van der Waals surface area contributed by atoms with Crippen molar-refractivity contribution < 1.29 is 13.3 Å². The molecule has 3 N–H and O–H groups in total. The van der Waals surface area contributed by atoms with Gasteiger partial charge in [0.15, 0.2) is 0 Å². The van der Waals surface area contributed by atoms with Gasteiger partial charge in [-0.3, -0.25) is 0 Å². The summed E-state index contributed by atoms with van der Waals surface area (Å²) in [7, 11) is 0.626. The molecule has 0 saturated heterocycles. The van der Waals surface area contributed by atoms with Gasteiger partial charge in [0.05, 0.1) is 6.10 Å². The average molecular weight is 375 g/mol. The van der Waals surface area contributed by atoms with Gasteiger partial charge in [0.25, 0.3) is 0 Å². The summed E-state index contributed by atoms with van der Waals surface area (Å²) in [5.74, 6) is 0. The molecule has 1 atom stereocenters. The van der Waals surface area contributed by atoms with E-state index in [0.29, 0.717) is 6.54 Å². The maximum Gasteiger partial charge on any atom is 0.500 e. The molecule has 0 heterocycles. The molecule has 0 aromatic heterocycles. The van der Waals surface area contributed by atoms with Crippen molar-refractivity contribution in [1.29, 1.82) is 0 Å². The lowest BCUT2D eigenvalue weighted by molar-refractivity contribution is 0.0701. The molecule has 24 heavy (non-hydrogen) atoms. The van der Waals surface area contributed by atoms with Crippen LogP contribution in [0.25, 0.3) is 0 Å². The van der Waals surface area contributed by atoms with Gasteiger partial charge in [-0.15, -0.1) is 19.0 Å². The normalized spacial score (nSPS) is 12.5. The quantitative estimate of drug-likeness (QED) is 0.316. The van der Waals surface area contributed by atoms with Crippen LogP contribution in [0.2, 0.25) is 6.04 Å². The lowest BCUT2D eigenvalue weighted by Crippen LogP contribution is -2.47. The zero-order valence-electron chi connectivity index (χ0n) is 14.7. The van der Waals surface area contributed by atoms with Crippen LogP contribution in [0, 0.1) is 0 Å². The minimum absolute atomic E-state index is 0. The van der Waals surface area contributed by atoms with Crippen molar-refractivity contribution >= 4 is 21.2 Å². The summed E-state index contributed by atoms with van der Waals surface area (Å²) in [6, 6.07) is 11.0. The topological polar surface area (TPSA) is 65.7 Å². The van der Waals surface area contributed by atoms with Crippen LogP contribution in [-0.2, 0) is 19.8 Å². The van der Waals surface area contributed by atoms with Gasteiger partial charge in [-0.05, 0) is 31.5 Å². The highest BCUT2D eigenvalue weighted by molar-refractivity contribution is 6.60. The van der Waals surface area contributed by atoms with E-state index >= 15 is 0 Å². The summed E-state index contributed by atoms with van der Waals surface area (Å²) in [6.07, 6.45) is 3.36. The molecule has 0 aliphatic heterocycles. The number of hydrogen-bond donors (Lipinski definition) is 2. The highest BCUT2D eigenvalue weighted by Crippen LogP contribution is 2.19. The number of halogens is 1. The fourth-order valence-electron chi connectivity index (χ4n) is 2.29. The smallest absolute Gasteiger partial charge is 0.377 e. The van der Waals surface area contributed by atoms with Crippen molar-refractivity contribution in [3.63, 3.8) is 0 Å². The zero-order chi connectivity index (χ0) is 17.0. The third kappa shape index (κ3) is 8.39. The fraction of sp³-hybridized carbons (Fsp3) is 0.529. The first-order chi connectivity index (χ1) is 11.2. The minimum atomic E-state index is -2.65. The summed E-state index contributed by atoms with van der Waals surface area (Å²) in [6.45, 7) is 6.14. The van der Waals surface area contributed by atoms with Crippen molar-refractivity contribution in [3.05, 3.63) is 48.6 Å². The number of nitrogens with two attached hydrogens (primary N) is 1. The average Bonchev–Trinajstić information content (AvgIpc) is 2.61. The zero-order valence-corrected chi connectivity index (χ0v) is 16.5. The predicted molar refractivity (Wildman–Crippen MR) is 103 cm³/mol. The standard InChI is InChI=1S/C17H30N2O3Si.ClH/c1-4-17(22-23(20-2,21-3)14-8-12-18)11-13-19-15-16-9-6-5-7-10-16;/h4-7,9-10,17,19H,1,8,11-15,18H2,2-3H3;1H. The second-order valence-corrected chi connectivity index (χ2v) is 8.24. The molecule has 1 unspecified atom stereocenters. The first-order valence-corrected chi connectivity index (χ1v) is 9.98. The number of benzene rings is 1. The Morgan fingerprint density at radius 1 is 1.25 bits per heavy atom. The van der Waals surface area contributed by atoms with Crippen LogP contribution in [0.3, 0.4) is 0 Å². The highest BCUT2D eigenvalue weighted by atomic mass is 35.5. The number of nitrogens with one attached hydrogen (secondary N) is 1. The van der Waals surface area contributed by atoms with E-state index in [1.807, 2.05) is 24.3 Å². The molecule has 1 aromatic rings. The first kappa shape index (κ1) is 23.3. The van der Waals surface area contributed by atoms with E-state index in [2.05, 4.69) is 24.0 Å². The van der Waals surface area contributed by atoms with Crippen molar-refractivity contribution in [2.75, 3.05) is 27.3 Å². The summed E-state index contributed by atoms with van der Waals surface area (Å²) < 4.78 is 17.3. The summed E-state index contributed by atoms with van der Waals surface area (Å²) in [5, 5.41) is 3.42. The molecule has 1 aromatic carbocycles. The molecule has 5 nitrogen and oxygen atoms in total. The van der Waals surface area contributed by atoms with Crippen molar-refractivity contribution in [1.82, 2.24) is 5.32 Å². The van der Waals surface area contributed by atoms with E-state index in [1.54, 1.807) is 14.2 Å². The third-order valence-corrected chi connectivity index (χ3v) is 6.55. The minimum Gasteiger partial charge on any atom is -0.377 e. The van der Waals surface area contributed by atoms with Crippen molar-refractivity contribution in [2.24, 2.45) is 5.73 Å². The Bertz CT molecular complexity index is 433. The highest BCUT2D eigenvalue weighted by Gasteiger charge is 2.40. The van der Waals surface area contributed by atoms with Crippen LogP contribution in [-0.4, -0.2) is 42.2 Å². The lowest BCUT2D eigenvalue weighted by atomic mass is 10.2. The molecular weight excluding hydrogens is 344 g/mol. The molecule has 7 heteroatoms. The van der Waals surface area contributed by atoms with Gasteiger partial charge in [-0.2, -0.15) is 0 Å². The Morgan fingerprint density at radius 2 is 1.92 bits per heavy atom. The van der Waals surface area contributed by atoms with E-state index in [9.17, 15) is 0 Å². The molecule has 0 fully saturated rings. The molecular formula is C17H31ClN2O3Si. The monoisotopic (exact) mass is 374 g/mol. The molecule has 0 spiro atoms. The van der Waals surface area contributed by atoms with Crippen LogP contribution >= 0.6 is 12.4 Å². The Kier molecular flexibility index (Phi) is 13.1. The molecule has 1 rings (SSSR count). The van der Waals surface area contributed by atoms with Crippen molar-refractivity contribution in [3.8, 4) is 0 Å². The van der Waals surface area contributed by atoms with Gasteiger partial charge in [0.2, 0.25) is 0 Å². The Hall–Kier alpha value is -0.733. The van der Waals surface area contributed by atoms with Crippen LogP contribution in [0.5, 0.6) is 0 Å². The molecule has 0 aliphatic carbocycles. The number of rotatable bonds is 13. The van der Waals surface area contributed by atoms with Crippen molar-refractivity contribution in [2.45, 2.75) is 31.5 Å². The van der Waals surface area contributed by atoms with Crippen LogP contribution in [0.1, 0.15) is 18.4 Å². The largest absolute Gasteiger partial charge is 0.500 e. The predicted octanol–water partition coefficient (Wildman–Crippen LogP) is 2.74. The van der Waals surface area contributed by atoms with Gasteiger partial charge in [0, 0.05) is 26.8 Å². The lowest BCUT2D eigenvalue weighted by Gasteiger charge is -2.30. The Morgan fingerprint density at radius 3 is 2.46 bits per heavy atom. The van der Waals surface area contributed by atoms with E-state index in [1.165, 1.54) is 5.56 Å². The Balaban J connectivity index is 0.00000529. The molecule has 0 amide bonds. The van der Waals surface area contributed by atoms with E-state index in [-0.39, 0.29) is 18.5 Å². The van der Waals surface area contributed by atoms with Gasteiger partial charge in [-0.1, -0.05) is 36.4 Å². The van der Waals surface area contributed by atoms with Crippen LogP contribution in [0.15, 0.2) is 43.0 Å². The summed E-state index contributed by atoms with van der Waals surface area (Å²) in [5.41, 5.74) is 6.85. The second kappa shape index (κ2) is 13.5. The van der Waals surface area contributed by atoms with Gasteiger partial charge in [0.1, 0.15) is 0 Å². The fourth-order valence-corrected chi connectivity index (χ4v) is 4.49. The molecule has 0 radical (unpaired) electrons. The van der Waals surface area contributed by atoms with Gasteiger partial charge < -0.3 is 24.3 Å². The maximum absolute atomic E-state index is 6.12. The van der Waals surface area contributed by atoms with Gasteiger partial charge in [-0.25, -0.2) is 0 Å². The molecule has 138 valence electrons. The van der Waals surface area contributed by atoms with Crippen LogP contribution in [0.4, 0.5) is 0 Å². The SMILES string of the molecule is C=CC(CCNCc1ccccc1)O[Si](CCCN)(OC)OC.Cl. The first-order valence-electron chi connectivity index (χ1n) is 8.05. The summed E-state index contributed by atoms with van der Waals surface area (Å²) >= 11 is 0. The third-order valence-electron chi connectivity index (χ3n) is 3.68. The molecule has 0 saturated carbocycles. The Labute approximate surface area is 153 Å². The summed E-state index contributed by atoms with van der Waals surface area (Å²) in [4.78, 5) is 0. The van der Waals surface area contributed by atoms with Crippen LogP contribution < -0.4 is 11.1 Å². The molecule has 0 bridgehead atoms. The van der Waals surface area contributed by atoms with Gasteiger partial charge >= 0.3 is 8.80 Å². The number of hydrogen-bond acceptors (Lipinski definition) is 5. The molecule has 0 aliphatic rings. The second-order valence-electron chi connectivity index (χ2n) is 5.33. The van der Waals surface area contributed by atoms with E-state index in [0.717, 1.165) is 32.0 Å². The maximum atomic E-state index is 6.12. The van der Waals surface area contributed by atoms with E-state index < -0.39 is 8.80 Å². The van der Waals surface area contributed by atoms with E-state index in [4.69, 9.17) is 19.0 Å².